The molecule has 10 unspecified atom stereocenters. The Labute approximate surface area is 256 Å². The predicted molar refractivity (Wildman–Crippen MR) is 149 cm³/mol. The molecular formula is C29H36O16. The minimum Gasteiger partial charge on any atom is -0.504 e. The number of aliphatic hydroxyl groups excluding tert-OH is 7. The number of ether oxygens (including phenoxy) is 5. The van der Waals surface area contributed by atoms with Gasteiger partial charge in [0.05, 0.1) is 19.8 Å². The highest BCUT2D eigenvalue weighted by Crippen LogP contribution is 2.32. The van der Waals surface area contributed by atoms with Gasteiger partial charge in [0.2, 0.25) is 6.29 Å². The van der Waals surface area contributed by atoms with Gasteiger partial charge in [-0.25, -0.2) is 4.79 Å². The average Bonchev–Trinajstić information content (AvgIpc) is 3.02. The number of phenols is 3. The van der Waals surface area contributed by atoms with Gasteiger partial charge in [0, 0.05) is 6.08 Å². The van der Waals surface area contributed by atoms with Crippen LogP contribution in [-0.4, -0.2) is 138 Å². The van der Waals surface area contributed by atoms with Gasteiger partial charge >= 0.3 is 5.97 Å². The quantitative estimate of drug-likeness (QED) is 0.0697. The monoisotopic (exact) mass is 640 g/mol. The maximum Gasteiger partial charge on any atom is 0.331 e. The maximum absolute atomic E-state index is 12.5. The minimum absolute atomic E-state index is 0.0246. The number of phenolic OH excluding ortho intramolecular Hbond substituents is 3. The first-order valence-electron chi connectivity index (χ1n) is 13.9. The molecule has 0 saturated carbocycles. The van der Waals surface area contributed by atoms with Crippen LogP contribution in [0.3, 0.4) is 0 Å². The van der Waals surface area contributed by atoms with Crippen molar-refractivity contribution in [3.63, 3.8) is 0 Å². The molecule has 2 heterocycles. The van der Waals surface area contributed by atoms with Crippen molar-refractivity contribution in [2.24, 2.45) is 0 Å². The summed E-state index contributed by atoms with van der Waals surface area (Å²) >= 11 is 0. The van der Waals surface area contributed by atoms with E-state index in [2.05, 4.69) is 0 Å². The van der Waals surface area contributed by atoms with Gasteiger partial charge in [-0.1, -0.05) is 12.1 Å². The first kappa shape index (κ1) is 34.3. The van der Waals surface area contributed by atoms with Crippen LogP contribution in [-0.2, 0) is 30.2 Å². The number of hydrogen-bond donors (Lipinski definition) is 10. The molecule has 2 saturated heterocycles. The summed E-state index contributed by atoms with van der Waals surface area (Å²) in [5.41, 5.74) is 0.887. The molecule has 16 nitrogen and oxygen atoms in total. The first-order chi connectivity index (χ1) is 21.4. The van der Waals surface area contributed by atoms with E-state index in [0.717, 1.165) is 6.08 Å². The SMILES string of the molecule is O=C(C=Cc1ccc(OC2OC(CO)C(O)C(O)C2O)c(O)c1)OC1C(CO)OC(OCCc2ccc(O)c(O)c2)C(O)C1O. The number of esters is 1. The first-order valence-corrected chi connectivity index (χ1v) is 13.9. The lowest BCUT2D eigenvalue weighted by Crippen LogP contribution is -2.60. The zero-order chi connectivity index (χ0) is 32.8. The molecule has 2 fully saturated rings. The number of rotatable bonds is 11. The second kappa shape index (κ2) is 15.2. The van der Waals surface area contributed by atoms with E-state index in [0.29, 0.717) is 5.56 Å². The van der Waals surface area contributed by atoms with Crippen molar-refractivity contribution in [3.8, 4) is 23.0 Å². The molecule has 45 heavy (non-hydrogen) atoms. The van der Waals surface area contributed by atoms with Gasteiger partial charge in [0.15, 0.2) is 35.4 Å². The summed E-state index contributed by atoms with van der Waals surface area (Å²) in [6.07, 6.45) is -12.7. The molecule has 10 atom stereocenters. The largest absolute Gasteiger partial charge is 0.504 e. The number of carbonyl (C=O) groups is 1. The van der Waals surface area contributed by atoms with E-state index in [-0.39, 0.29) is 35.8 Å². The van der Waals surface area contributed by atoms with Gasteiger partial charge in [-0.3, -0.25) is 0 Å². The Kier molecular flexibility index (Phi) is 11.6. The Balaban J connectivity index is 1.31. The van der Waals surface area contributed by atoms with E-state index in [4.69, 9.17) is 23.7 Å². The summed E-state index contributed by atoms with van der Waals surface area (Å²) in [6.45, 7) is -1.38. The third-order valence-corrected chi connectivity index (χ3v) is 7.27. The van der Waals surface area contributed by atoms with Crippen LogP contribution >= 0.6 is 0 Å². The highest BCUT2D eigenvalue weighted by atomic mass is 16.7. The Morgan fingerprint density at radius 3 is 2.11 bits per heavy atom. The highest BCUT2D eigenvalue weighted by Gasteiger charge is 2.47. The molecule has 0 spiro atoms. The average molecular weight is 641 g/mol. The molecule has 0 radical (unpaired) electrons. The number of benzene rings is 2. The smallest absolute Gasteiger partial charge is 0.331 e. The van der Waals surface area contributed by atoms with E-state index in [1.165, 1.54) is 36.4 Å². The zero-order valence-corrected chi connectivity index (χ0v) is 23.6. The summed E-state index contributed by atoms with van der Waals surface area (Å²) in [6, 6.07) is 8.04. The number of hydrogen-bond acceptors (Lipinski definition) is 16. The summed E-state index contributed by atoms with van der Waals surface area (Å²) in [4.78, 5) is 12.5. The molecule has 0 bridgehead atoms. The number of carbonyl (C=O) groups excluding carboxylic acids is 1. The molecule has 0 aromatic heterocycles. The fourth-order valence-electron chi connectivity index (χ4n) is 4.72. The third-order valence-electron chi connectivity index (χ3n) is 7.27. The second-order valence-electron chi connectivity index (χ2n) is 10.4. The summed E-state index contributed by atoms with van der Waals surface area (Å²) < 4.78 is 26.9. The zero-order valence-electron chi connectivity index (χ0n) is 23.6. The van der Waals surface area contributed by atoms with Crippen LogP contribution < -0.4 is 4.74 Å². The molecule has 16 heteroatoms. The van der Waals surface area contributed by atoms with E-state index >= 15 is 0 Å². The van der Waals surface area contributed by atoms with Gasteiger partial charge in [0.25, 0.3) is 0 Å². The van der Waals surface area contributed by atoms with Crippen LogP contribution in [0.25, 0.3) is 6.08 Å². The molecule has 2 aliphatic heterocycles. The molecule has 10 N–H and O–H groups in total. The molecule has 0 aliphatic carbocycles. The fraction of sp³-hybridized carbons (Fsp3) is 0.483. The van der Waals surface area contributed by atoms with Gasteiger partial charge in [-0.05, 0) is 47.9 Å². The molecule has 2 aromatic carbocycles. The van der Waals surface area contributed by atoms with Gasteiger partial charge in [0.1, 0.15) is 42.7 Å². The van der Waals surface area contributed by atoms with Crippen molar-refractivity contribution in [3.05, 3.63) is 53.6 Å². The summed E-state index contributed by atoms with van der Waals surface area (Å²) in [5, 5.41) is 99.5. The topological polar surface area (TPSA) is 266 Å². The van der Waals surface area contributed by atoms with Crippen LogP contribution in [0.1, 0.15) is 11.1 Å². The van der Waals surface area contributed by atoms with Crippen molar-refractivity contribution >= 4 is 12.0 Å². The Morgan fingerprint density at radius 2 is 1.44 bits per heavy atom. The second-order valence-corrected chi connectivity index (χ2v) is 10.4. The van der Waals surface area contributed by atoms with Crippen molar-refractivity contribution in [1.29, 1.82) is 0 Å². The Bertz CT molecular complexity index is 1320. The van der Waals surface area contributed by atoms with E-state index in [1.54, 1.807) is 6.07 Å². The fourth-order valence-corrected chi connectivity index (χ4v) is 4.72. The van der Waals surface area contributed by atoms with E-state index in [1.807, 2.05) is 0 Å². The van der Waals surface area contributed by atoms with E-state index < -0.39 is 86.3 Å². The lowest BCUT2D eigenvalue weighted by atomic mass is 9.99. The summed E-state index contributed by atoms with van der Waals surface area (Å²) in [7, 11) is 0. The molecule has 2 aromatic rings. The summed E-state index contributed by atoms with van der Waals surface area (Å²) in [5.74, 6) is -2.22. The van der Waals surface area contributed by atoms with Crippen LogP contribution in [0.4, 0.5) is 0 Å². The van der Waals surface area contributed by atoms with Gasteiger partial charge < -0.3 is 74.7 Å². The van der Waals surface area contributed by atoms with Crippen molar-refractivity contribution in [2.75, 3.05) is 19.8 Å². The molecular weight excluding hydrogens is 604 g/mol. The molecule has 2 aliphatic rings. The Hall–Kier alpha value is -3.55. The van der Waals surface area contributed by atoms with E-state index in [9.17, 15) is 55.9 Å². The molecule has 0 amide bonds. The maximum atomic E-state index is 12.5. The lowest BCUT2D eigenvalue weighted by molar-refractivity contribution is -0.302. The predicted octanol–water partition coefficient (Wildman–Crippen LogP) is -2.39. The van der Waals surface area contributed by atoms with Crippen molar-refractivity contribution < 1.29 is 79.5 Å². The lowest BCUT2D eigenvalue weighted by Gasteiger charge is -2.41. The van der Waals surface area contributed by atoms with Crippen LogP contribution in [0.5, 0.6) is 23.0 Å². The Morgan fingerprint density at radius 1 is 0.756 bits per heavy atom. The van der Waals surface area contributed by atoms with Crippen molar-refractivity contribution in [2.45, 2.75) is 67.8 Å². The standard InChI is InChI=1S/C29H36O16/c30-11-19-22(36)23(37)25(39)29(43-19)42-18-5-2-13(10-17(18)34)3-6-21(35)45-27-20(12-31)44-28(26(40)24(27)38)41-8-7-14-1-4-15(32)16(33)9-14/h1-6,9-10,19-20,22-34,36-40H,7-8,11-12H2. The van der Waals surface area contributed by atoms with Gasteiger partial charge in [-0.15, -0.1) is 0 Å². The van der Waals surface area contributed by atoms with Crippen LogP contribution in [0, 0.1) is 0 Å². The van der Waals surface area contributed by atoms with Crippen molar-refractivity contribution in [1.82, 2.24) is 0 Å². The third kappa shape index (κ3) is 8.19. The van der Waals surface area contributed by atoms with Gasteiger partial charge in [-0.2, -0.15) is 0 Å². The molecule has 248 valence electrons. The normalized spacial score (nSPS) is 32.0. The highest BCUT2D eigenvalue weighted by molar-refractivity contribution is 5.87. The number of aliphatic hydroxyl groups is 7. The van der Waals surface area contributed by atoms with Crippen LogP contribution in [0.2, 0.25) is 0 Å². The molecule has 4 rings (SSSR count). The van der Waals surface area contributed by atoms with Crippen LogP contribution in [0.15, 0.2) is 42.5 Å². The number of aromatic hydroxyl groups is 3. The minimum atomic E-state index is -1.70.